The van der Waals surface area contributed by atoms with Gasteiger partial charge in [-0.1, -0.05) is 0 Å². The molecular weight excluding hydrogens is 326 g/mol. The topological polar surface area (TPSA) is 71.5 Å². The number of rotatable bonds is 1. The van der Waals surface area contributed by atoms with E-state index in [-0.39, 0.29) is 17.4 Å². The number of fused-ring (bicyclic) bond motifs is 1. The van der Waals surface area contributed by atoms with Crippen molar-refractivity contribution in [1.82, 2.24) is 15.2 Å². The molecule has 1 aromatic rings. The van der Waals surface area contributed by atoms with E-state index in [0.29, 0.717) is 37.7 Å². The molecule has 4 rings (SSSR count). The highest BCUT2D eigenvalue weighted by Gasteiger charge is 2.40. The first-order valence-electron chi connectivity index (χ1n) is 8.84. The number of hydrogen-bond donors (Lipinski definition) is 1. The molecule has 24 heavy (non-hydrogen) atoms. The third kappa shape index (κ3) is 3.07. The molecule has 3 heterocycles. The zero-order valence-electron chi connectivity index (χ0n) is 13.8. The molecule has 1 aliphatic carbocycles. The number of nitrogens with one attached hydrogen (secondary N) is 1. The maximum atomic E-state index is 12.8. The van der Waals surface area contributed by atoms with Crippen molar-refractivity contribution in [2.24, 2.45) is 0 Å². The summed E-state index contributed by atoms with van der Waals surface area (Å²) < 4.78 is 5.97. The van der Waals surface area contributed by atoms with E-state index < -0.39 is 0 Å². The minimum Gasteiger partial charge on any atom is -0.372 e. The van der Waals surface area contributed by atoms with Crippen LogP contribution in [0.2, 0.25) is 0 Å². The summed E-state index contributed by atoms with van der Waals surface area (Å²) in [6.07, 6.45) is 6.29. The minimum atomic E-state index is -0.389. The molecule has 0 aromatic carbocycles. The number of thiazole rings is 1. The van der Waals surface area contributed by atoms with Crippen LogP contribution in [0, 0.1) is 0 Å². The second-order valence-corrected chi connectivity index (χ2v) is 8.03. The summed E-state index contributed by atoms with van der Waals surface area (Å²) in [5, 5.41) is 3.49. The zero-order chi connectivity index (χ0) is 16.6. The van der Waals surface area contributed by atoms with Crippen molar-refractivity contribution in [2.45, 2.75) is 50.5 Å². The maximum absolute atomic E-state index is 12.8. The van der Waals surface area contributed by atoms with E-state index in [0.717, 1.165) is 31.4 Å². The summed E-state index contributed by atoms with van der Waals surface area (Å²) in [5.74, 6) is 0.0993. The molecule has 130 valence electrons. The molecule has 0 atom stereocenters. The predicted molar refractivity (Wildman–Crippen MR) is 90.2 cm³/mol. The third-order valence-electron chi connectivity index (χ3n) is 5.31. The Kier molecular flexibility index (Phi) is 4.30. The van der Waals surface area contributed by atoms with E-state index in [1.165, 1.54) is 17.7 Å². The molecular formula is C17H23N3O3S. The Hall–Kier alpha value is -1.47. The Morgan fingerprint density at radius 2 is 2.04 bits per heavy atom. The van der Waals surface area contributed by atoms with Gasteiger partial charge >= 0.3 is 0 Å². The average Bonchev–Trinajstić information content (AvgIpc) is 2.95. The molecule has 1 aromatic heterocycles. The van der Waals surface area contributed by atoms with Gasteiger partial charge in [-0.15, -0.1) is 11.3 Å². The smallest absolute Gasteiger partial charge is 0.282 e. The largest absolute Gasteiger partial charge is 0.372 e. The van der Waals surface area contributed by atoms with E-state index in [4.69, 9.17) is 4.74 Å². The fourth-order valence-corrected chi connectivity index (χ4v) is 5.00. The molecule has 2 saturated heterocycles. The normalized spacial score (nSPS) is 23.5. The molecule has 2 amide bonds. The Bertz CT molecular complexity index is 626. The third-order valence-corrected chi connectivity index (χ3v) is 6.45. The zero-order valence-corrected chi connectivity index (χ0v) is 14.6. The quantitative estimate of drug-likeness (QED) is 0.835. The van der Waals surface area contributed by atoms with Crippen LogP contribution in [-0.4, -0.2) is 53.5 Å². The van der Waals surface area contributed by atoms with Crippen LogP contribution in [0.5, 0.6) is 0 Å². The van der Waals surface area contributed by atoms with Crippen molar-refractivity contribution in [2.75, 3.05) is 26.2 Å². The first kappa shape index (κ1) is 16.0. The highest BCUT2D eigenvalue weighted by molar-refractivity contribution is 7.13. The van der Waals surface area contributed by atoms with Crippen LogP contribution in [0.3, 0.4) is 0 Å². The van der Waals surface area contributed by atoms with Gasteiger partial charge in [0.2, 0.25) is 5.91 Å². The van der Waals surface area contributed by atoms with Crippen molar-refractivity contribution in [1.29, 1.82) is 0 Å². The SMILES string of the molecule is O=C1CC2(CCN(C(=O)c3nc4c(s3)CCCC4)CC2)OCCN1. The summed E-state index contributed by atoms with van der Waals surface area (Å²) in [7, 11) is 0. The number of aryl methyl sites for hydroxylation is 2. The first-order valence-corrected chi connectivity index (χ1v) is 9.65. The van der Waals surface area contributed by atoms with Crippen LogP contribution in [0.15, 0.2) is 0 Å². The number of nitrogens with zero attached hydrogens (tertiary/aromatic N) is 2. The van der Waals surface area contributed by atoms with Crippen LogP contribution in [0.25, 0.3) is 0 Å². The lowest BCUT2D eigenvalue weighted by molar-refractivity contribution is -0.127. The number of ether oxygens (including phenoxy) is 1. The van der Waals surface area contributed by atoms with E-state index in [2.05, 4.69) is 10.3 Å². The average molecular weight is 349 g/mol. The lowest BCUT2D eigenvalue weighted by atomic mass is 9.87. The minimum absolute atomic E-state index is 0.0438. The van der Waals surface area contributed by atoms with Gasteiger partial charge < -0.3 is 15.0 Å². The summed E-state index contributed by atoms with van der Waals surface area (Å²) >= 11 is 1.57. The second-order valence-electron chi connectivity index (χ2n) is 6.95. The Morgan fingerprint density at radius 1 is 1.25 bits per heavy atom. The molecule has 0 bridgehead atoms. The number of aromatic nitrogens is 1. The summed E-state index contributed by atoms with van der Waals surface area (Å²) in [6, 6.07) is 0. The summed E-state index contributed by atoms with van der Waals surface area (Å²) in [6.45, 7) is 2.40. The highest BCUT2D eigenvalue weighted by atomic mass is 32.1. The van der Waals surface area contributed by atoms with E-state index in [9.17, 15) is 9.59 Å². The van der Waals surface area contributed by atoms with Crippen LogP contribution < -0.4 is 5.32 Å². The van der Waals surface area contributed by atoms with Gasteiger partial charge in [-0.05, 0) is 38.5 Å². The lowest BCUT2D eigenvalue weighted by Crippen LogP contribution is -2.49. The van der Waals surface area contributed by atoms with Crippen molar-refractivity contribution in [3.63, 3.8) is 0 Å². The van der Waals surface area contributed by atoms with Gasteiger partial charge in [0.05, 0.1) is 24.3 Å². The molecule has 6 nitrogen and oxygen atoms in total. The van der Waals surface area contributed by atoms with Gasteiger partial charge in [-0.3, -0.25) is 9.59 Å². The highest BCUT2D eigenvalue weighted by Crippen LogP contribution is 2.33. The number of hydrogen-bond acceptors (Lipinski definition) is 5. The van der Waals surface area contributed by atoms with Crippen LogP contribution >= 0.6 is 11.3 Å². The number of amides is 2. The maximum Gasteiger partial charge on any atom is 0.282 e. The Labute approximate surface area is 145 Å². The molecule has 2 fully saturated rings. The fourth-order valence-electron chi connectivity index (χ4n) is 3.88. The number of piperidine rings is 1. The molecule has 2 aliphatic heterocycles. The standard InChI is InChI=1S/C17H23N3O3S/c21-14-11-17(23-10-7-18-14)5-8-20(9-6-17)16(22)15-19-12-3-1-2-4-13(12)24-15/h1-11H2,(H,18,21). The molecule has 0 unspecified atom stereocenters. The monoisotopic (exact) mass is 349 g/mol. The van der Waals surface area contributed by atoms with Gasteiger partial charge in [0.15, 0.2) is 5.01 Å². The molecule has 3 aliphatic rings. The Morgan fingerprint density at radius 3 is 2.83 bits per heavy atom. The first-order chi connectivity index (χ1) is 11.7. The van der Waals surface area contributed by atoms with Gasteiger partial charge in [-0.2, -0.15) is 0 Å². The number of likely N-dealkylation sites (tertiary alicyclic amines) is 1. The molecule has 1 N–H and O–H groups in total. The van der Waals surface area contributed by atoms with Gasteiger partial charge in [0.1, 0.15) is 0 Å². The number of carbonyl (C=O) groups excluding carboxylic acids is 2. The van der Waals surface area contributed by atoms with Gasteiger partial charge in [0, 0.05) is 24.5 Å². The van der Waals surface area contributed by atoms with Crippen molar-refractivity contribution in [3.05, 3.63) is 15.6 Å². The predicted octanol–water partition coefficient (Wildman–Crippen LogP) is 1.53. The van der Waals surface area contributed by atoms with Crippen LogP contribution in [-0.2, 0) is 22.4 Å². The van der Waals surface area contributed by atoms with Crippen LogP contribution in [0.4, 0.5) is 0 Å². The van der Waals surface area contributed by atoms with E-state index >= 15 is 0 Å². The lowest BCUT2D eigenvalue weighted by Gasteiger charge is -2.40. The van der Waals surface area contributed by atoms with Gasteiger partial charge in [0.25, 0.3) is 5.91 Å². The molecule has 0 radical (unpaired) electrons. The molecule has 1 spiro atoms. The van der Waals surface area contributed by atoms with Crippen molar-refractivity contribution >= 4 is 23.2 Å². The summed E-state index contributed by atoms with van der Waals surface area (Å²) in [4.78, 5) is 32.4. The van der Waals surface area contributed by atoms with Crippen molar-refractivity contribution in [3.8, 4) is 0 Å². The fraction of sp³-hybridized carbons (Fsp3) is 0.706. The van der Waals surface area contributed by atoms with Crippen molar-refractivity contribution < 1.29 is 14.3 Å². The molecule has 0 saturated carbocycles. The van der Waals surface area contributed by atoms with E-state index in [1.54, 1.807) is 11.3 Å². The van der Waals surface area contributed by atoms with Gasteiger partial charge in [-0.25, -0.2) is 4.98 Å². The Balaban J connectivity index is 1.42. The van der Waals surface area contributed by atoms with E-state index in [1.807, 2.05) is 4.90 Å². The number of carbonyl (C=O) groups is 2. The molecule has 7 heteroatoms. The second kappa shape index (κ2) is 6.44. The summed E-state index contributed by atoms with van der Waals surface area (Å²) in [5.41, 5.74) is 0.742. The van der Waals surface area contributed by atoms with Crippen LogP contribution in [0.1, 0.15) is 52.5 Å².